The van der Waals surface area contributed by atoms with E-state index in [9.17, 15) is 9.59 Å². The fourth-order valence-corrected chi connectivity index (χ4v) is 4.87. The van der Waals surface area contributed by atoms with E-state index in [1.54, 1.807) is 18.3 Å². The van der Waals surface area contributed by atoms with Crippen molar-refractivity contribution in [3.63, 3.8) is 0 Å². The molecule has 0 aliphatic carbocycles. The van der Waals surface area contributed by atoms with Gasteiger partial charge in [-0.05, 0) is 59.2 Å². The molecule has 3 heterocycles. The Morgan fingerprint density at radius 2 is 2.09 bits per heavy atom. The van der Waals surface area contributed by atoms with Crippen LogP contribution in [0.5, 0.6) is 0 Å². The predicted molar refractivity (Wildman–Crippen MR) is 130 cm³/mol. The molecule has 0 aliphatic heterocycles. The number of benzene rings is 1. The van der Waals surface area contributed by atoms with Crippen LogP contribution in [0.2, 0.25) is 0 Å². The molecule has 4 rings (SSSR count). The number of thiophene rings is 1. The van der Waals surface area contributed by atoms with Gasteiger partial charge in [-0.3, -0.25) is 14.5 Å². The molecule has 0 fully saturated rings. The van der Waals surface area contributed by atoms with E-state index in [0.29, 0.717) is 37.5 Å². The lowest BCUT2D eigenvalue weighted by Crippen LogP contribution is -2.32. The molecule has 1 aromatic carbocycles. The Morgan fingerprint density at radius 3 is 2.82 bits per heavy atom. The molecule has 178 valence electrons. The number of ether oxygens (including phenoxy) is 1. The van der Waals surface area contributed by atoms with E-state index in [1.807, 2.05) is 49.6 Å². The summed E-state index contributed by atoms with van der Waals surface area (Å²) in [5.74, 6) is 0.178. The largest absolute Gasteiger partial charge is 0.465 e. The van der Waals surface area contributed by atoms with E-state index < -0.39 is 5.97 Å². The molecule has 9 nitrogen and oxygen atoms in total. The summed E-state index contributed by atoms with van der Waals surface area (Å²) < 4.78 is 6.57. The van der Waals surface area contributed by atoms with Crippen molar-refractivity contribution < 1.29 is 9.53 Å². The van der Waals surface area contributed by atoms with E-state index in [0.717, 1.165) is 21.3 Å². The quantitative estimate of drug-likeness (QED) is 0.346. The third kappa shape index (κ3) is 5.23. The predicted octanol–water partition coefficient (Wildman–Crippen LogP) is 3.60. The Bertz CT molecular complexity index is 1310. The molecule has 34 heavy (non-hydrogen) atoms. The highest BCUT2D eigenvalue weighted by atomic mass is 32.1. The Kier molecular flexibility index (Phi) is 7.49. The number of carbonyl (C=O) groups excluding carboxylic acids is 1. The van der Waals surface area contributed by atoms with Gasteiger partial charge in [-0.15, -0.1) is 16.4 Å². The summed E-state index contributed by atoms with van der Waals surface area (Å²) in [6, 6.07) is 11.8. The number of nitrogens with zero attached hydrogens (tertiary/aromatic N) is 5. The molecule has 10 heteroatoms. The standard InChI is InChI=1S/C24H28N6O3S/c1-4-20(23-26-27-28-30(23)15-21(31)33-5-2)29(14-19-10-7-11-34-19)13-18-12-17-9-6-8-16(3)22(17)25-24(18)32/h6-12,20H,4-5,13-15H2,1-3H3,(H,25,32)/t20-/m1/s1. The van der Waals surface area contributed by atoms with Crippen LogP contribution in [0.15, 0.2) is 46.6 Å². The van der Waals surface area contributed by atoms with Crippen molar-refractivity contribution in [2.75, 3.05) is 6.61 Å². The molecule has 0 aliphatic rings. The lowest BCUT2D eigenvalue weighted by molar-refractivity contribution is -0.144. The minimum Gasteiger partial charge on any atom is -0.465 e. The third-order valence-corrected chi connectivity index (χ3v) is 6.61. The number of hydrogen-bond acceptors (Lipinski definition) is 8. The molecule has 0 amide bonds. The monoisotopic (exact) mass is 480 g/mol. The van der Waals surface area contributed by atoms with E-state index in [4.69, 9.17) is 4.74 Å². The molecule has 0 radical (unpaired) electrons. The molecule has 0 unspecified atom stereocenters. The van der Waals surface area contributed by atoms with Gasteiger partial charge in [-0.1, -0.05) is 31.2 Å². The van der Waals surface area contributed by atoms with Gasteiger partial charge in [0, 0.05) is 23.5 Å². The first-order valence-corrected chi connectivity index (χ1v) is 12.2. The number of rotatable bonds is 10. The molecule has 4 aromatic rings. The van der Waals surface area contributed by atoms with Crippen molar-refractivity contribution >= 4 is 28.2 Å². The zero-order valence-corrected chi connectivity index (χ0v) is 20.3. The first-order valence-electron chi connectivity index (χ1n) is 11.3. The highest BCUT2D eigenvalue weighted by molar-refractivity contribution is 7.09. The second-order valence-electron chi connectivity index (χ2n) is 8.07. The average molecular weight is 481 g/mol. The number of tetrazole rings is 1. The summed E-state index contributed by atoms with van der Waals surface area (Å²) in [4.78, 5) is 31.5. The van der Waals surface area contributed by atoms with Crippen LogP contribution in [0.3, 0.4) is 0 Å². The maximum atomic E-state index is 13.0. The van der Waals surface area contributed by atoms with Gasteiger partial charge in [0.05, 0.1) is 18.2 Å². The fraction of sp³-hybridized carbons (Fsp3) is 0.375. The smallest absolute Gasteiger partial charge is 0.327 e. The number of pyridine rings is 1. The summed E-state index contributed by atoms with van der Waals surface area (Å²) in [5.41, 5.74) is 2.43. The van der Waals surface area contributed by atoms with Gasteiger partial charge in [0.15, 0.2) is 5.82 Å². The number of para-hydroxylation sites is 1. The number of nitrogens with one attached hydrogen (secondary N) is 1. The van der Waals surface area contributed by atoms with E-state index >= 15 is 0 Å². The second-order valence-corrected chi connectivity index (χ2v) is 9.10. The molecular formula is C24H28N6O3S. The highest BCUT2D eigenvalue weighted by Gasteiger charge is 2.27. The Labute approximate surface area is 201 Å². The zero-order chi connectivity index (χ0) is 24.1. The number of aromatic amines is 1. The summed E-state index contributed by atoms with van der Waals surface area (Å²) in [6.07, 6.45) is 0.694. The molecule has 1 N–H and O–H groups in total. The lowest BCUT2D eigenvalue weighted by Gasteiger charge is -2.29. The summed E-state index contributed by atoms with van der Waals surface area (Å²) in [6.45, 7) is 7.05. The third-order valence-electron chi connectivity index (χ3n) is 5.75. The highest BCUT2D eigenvalue weighted by Crippen LogP contribution is 2.27. The SMILES string of the molecule is CCOC(=O)Cn1nnnc1[C@@H](CC)N(Cc1cccs1)Cc1cc2cccc(C)c2[nH]c1=O. The number of aryl methyl sites for hydroxylation is 1. The topological polar surface area (TPSA) is 106 Å². The molecule has 1 atom stereocenters. The van der Waals surface area contributed by atoms with Crippen molar-refractivity contribution in [3.8, 4) is 0 Å². The normalized spacial score (nSPS) is 12.4. The minimum absolute atomic E-state index is 0.0602. The summed E-state index contributed by atoms with van der Waals surface area (Å²) in [7, 11) is 0. The van der Waals surface area contributed by atoms with E-state index in [-0.39, 0.29) is 18.1 Å². The van der Waals surface area contributed by atoms with Gasteiger partial charge in [0.25, 0.3) is 5.56 Å². The van der Waals surface area contributed by atoms with Crippen LogP contribution in [-0.4, -0.2) is 42.7 Å². The van der Waals surface area contributed by atoms with Crippen LogP contribution in [0, 0.1) is 6.92 Å². The Hall–Kier alpha value is -3.37. The molecule has 0 spiro atoms. The van der Waals surface area contributed by atoms with Crippen molar-refractivity contribution in [3.05, 3.63) is 74.0 Å². The maximum Gasteiger partial charge on any atom is 0.327 e. The zero-order valence-electron chi connectivity index (χ0n) is 19.5. The lowest BCUT2D eigenvalue weighted by atomic mass is 10.1. The van der Waals surface area contributed by atoms with Gasteiger partial charge in [0.2, 0.25) is 0 Å². The van der Waals surface area contributed by atoms with Gasteiger partial charge < -0.3 is 9.72 Å². The molecule has 0 saturated carbocycles. The van der Waals surface area contributed by atoms with Gasteiger partial charge in [-0.25, -0.2) is 4.68 Å². The van der Waals surface area contributed by atoms with Crippen molar-refractivity contribution in [2.24, 2.45) is 0 Å². The van der Waals surface area contributed by atoms with Crippen molar-refractivity contribution in [1.29, 1.82) is 0 Å². The van der Waals surface area contributed by atoms with Gasteiger partial charge >= 0.3 is 5.97 Å². The number of carbonyl (C=O) groups is 1. The summed E-state index contributed by atoms with van der Waals surface area (Å²) >= 11 is 1.66. The van der Waals surface area contributed by atoms with Gasteiger partial charge in [-0.2, -0.15) is 0 Å². The summed E-state index contributed by atoms with van der Waals surface area (Å²) in [5, 5.41) is 15.1. The van der Waals surface area contributed by atoms with Crippen LogP contribution in [-0.2, 0) is 29.2 Å². The Morgan fingerprint density at radius 1 is 1.24 bits per heavy atom. The van der Waals surface area contributed by atoms with Crippen LogP contribution in [0.25, 0.3) is 10.9 Å². The van der Waals surface area contributed by atoms with E-state index in [1.165, 1.54) is 4.68 Å². The van der Waals surface area contributed by atoms with Crippen LogP contribution < -0.4 is 5.56 Å². The molecule has 3 aromatic heterocycles. The van der Waals surface area contributed by atoms with Crippen molar-refractivity contribution in [2.45, 2.75) is 52.9 Å². The average Bonchev–Trinajstić information content (AvgIpc) is 3.48. The molecule has 0 saturated heterocycles. The van der Waals surface area contributed by atoms with Crippen LogP contribution in [0.4, 0.5) is 0 Å². The number of esters is 1. The number of H-pyrrole nitrogens is 1. The number of aromatic nitrogens is 5. The number of hydrogen-bond donors (Lipinski definition) is 1. The van der Waals surface area contributed by atoms with Gasteiger partial charge in [0.1, 0.15) is 6.54 Å². The van der Waals surface area contributed by atoms with Crippen LogP contribution >= 0.6 is 11.3 Å². The Balaban J connectivity index is 1.70. The van der Waals surface area contributed by atoms with Crippen LogP contribution in [0.1, 0.15) is 48.1 Å². The van der Waals surface area contributed by atoms with E-state index in [2.05, 4.69) is 31.5 Å². The second kappa shape index (κ2) is 10.7. The van der Waals surface area contributed by atoms with Crippen molar-refractivity contribution in [1.82, 2.24) is 30.1 Å². The first kappa shape index (κ1) is 23.8. The molecular weight excluding hydrogens is 452 g/mol. The maximum absolute atomic E-state index is 13.0. The minimum atomic E-state index is -0.392. The first-order chi connectivity index (χ1) is 16.5. The number of fused-ring (bicyclic) bond motifs is 1. The molecule has 0 bridgehead atoms. The fourth-order valence-electron chi connectivity index (χ4n) is 4.14.